The van der Waals surface area contributed by atoms with Crippen molar-refractivity contribution < 1.29 is 4.74 Å². The number of hydrogen-bond acceptors (Lipinski definition) is 8. The van der Waals surface area contributed by atoms with Crippen molar-refractivity contribution in [1.29, 1.82) is 0 Å². The van der Waals surface area contributed by atoms with Crippen LogP contribution < -0.4 is 15.6 Å². The van der Waals surface area contributed by atoms with E-state index in [2.05, 4.69) is 71.6 Å². The molecule has 2 aliphatic heterocycles. The summed E-state index contributed by atoms with van der Waals surface area (Å²) in [5.41, 5.74) is 8.20. The minimum absolute atomic E-state index is 0.0355. The number of anilines is 3. The van der Waals surface area contributed by atoms with E-state index in [0.717, 1.165) is 36.5 Å². The van der Waals surface area contributed by atoms with Crippen molar-refractivity contribution in [2.45, 2.75) is 52.7 Å². The third kappa shape index (κ3) is 4.19. The molecule has 1 fully saturated rings. The molecule has 0 bridgehead atoms. The molecular weight excluding hydrogens is 416 g/mol. The van der Waals surface area contributed by atoms with Crippen molar-refractivity contribution in [3.63, 3.8) is 0 Å². The van der Waals surface area contributed by atoms with Gasteiger partial charge in [-0.15, -0.1) is 5.10 Å². The van der Waals surface area contributed by atoms with Gasteiger partial charge in [-0.1, -0.05) is 32.9 Å². The van der Waals surface area contributed by atoms with Gasteiger partial charge in [-0.3, -0.25) is 5.43 Å². The Morgan fingerprint density at radius 2 is 1.97 bits per heavy atom. The number of imidazole rings is 1. The minimum Gasteiger partial charge on any atom is -0.455 e. The summed E-state index contributed by atoms with van der Waals surface area (Å²) in [6, 6.07) is 6.58. The second kappa shape index (κ2) is 7.90. The van der Waals surface area contributed by atoms with Gasteiger partial charge in [-0.2, -0.15) is 9.97 Å². The van der Waals surface area contributed by atoms with Crippen LogP contribution in [-0.4, -0.2) is 44.7 Å². The lowest BCUT2D eigenvalue weighted by Gasteiger charge is -2.40. The first kappa shape index (κ1) is 21.5. The van der Waals surface area contributed by atoms with Crippen molar-refractivity contribution in [2.24, 2.45) is 18.1 Å². The summed E-state index contributed by atoms with van der Waals surface area (Å²) >= 11 is 0. The number of hydrazone groups is 1. The molecule has 5 rings (SSSR count). The molecule has 3 aromatic rings. The van der Waals surface area contributed by atoms with E-state index >= 15 is 0 Å². The molecule has 1 atom stereocenters. The van der Waals surface area contributed by atoms with E-state index in [1.165, 1.54) is 11.1 Å². The third-order valence-corrected chi connectivity index (χ3v) is 6.38. The number of aromatic nitrogens is 4. The molecule has 33 heavy (non-hydrogen) atoms. The van der Waals surface area contributed by atoms with Gasteiger partial charge in [0.25, 0.3) is 0 Å². The molecule has 2 aliphatic rings. The summed E-state index contributed by atoms with van der Waals surface area (Å²) < 4.78 is 7.63. The first-order valence-electron chi connectivity index (χ1n) is 11.5. The van der Waals surface area contributed by atoms with Crippen LogP contribution in [0.4, 0.5) is 17.5 Å². The topological polar surface area (TPSA) is 92.5 Å². The third-order valence-electron chi connectivity index (χ3n) is 6.38. The van der Waals surface area contributed by atoms with Gasteiger partial charge in [0.15, 0.2) is 17.7 Å². The second-order valence-corrected chi connectivity index (χ2v) is 10.2. The van der Waals surface area contributed by atoms with E-state index in [0.29, 0.717) is 23.4 Å². The zero-order valence-corrected chi connectivity index (χ0v) is 20.2. The minimum atomic E-state index is -0.0355. The molecule has 0 amide bonds. The quantitative estimate of drug-likeness (QED) is 0.613. The molecule has 9 heteroatoms. The Morgan fingerprint density at radius 1 is 1.18 bits per heavy atom. The first-order chi connectivity index (χ1) is 15.7. The van der Waals surface area contributed by atoms with E-state index < -0.39 is 0 Å². The van der Waals surface area contributed by atoms with E-state index in [1.807, 2.05) is 18.5 Å². The normalized spacial score (nSPS) is 18.7. The summed E-state index contributed by atoms with van der Waals surface area (Å²) in [6.45, 7) is 12.4. The lowest BCUT2D eigenvalue weighted by atomic mass is 9.86. The fourth-order valence-corrected chi connectivity index (χ4v) is 4.33. The number of rotatable bonds is 5. The number of benzene rings is 1. The average molecular weight is 449 g/mol. The number of nitrogens with one attached hydrogen (secondary N) is 2. The van der Waals surface area contributed by atoms with Gasteiger partial charge in [0.2, 0.25) is 11.8 Å². The van der Waals surface area contributed by atoms with Gasteiger partial charge >= 0.3 is 0 Å². The van der Waals surface area contributed by atoms with Crippen molar-refractivity contribution in [3.05, 3.63) is 35.7 Å². The molecule has 2 N–H and O–H groups in total. The van der Waals surface area contributed by atoms with Crippen LogP contribution in [0.15, 0.2) is 29.6 Å². The molecule has 0 radical (unpaired) electrons. The Bertz CT molecular complexity index is 1220. The van der Waals surface area contributed by atoms with Gasteiger partial charge in [-0.25, -0.2) is 4.98 Å². The summed E-state index contributed by atoms with van der Waals surface area (Å²) in [6.07, 6.45) is 2.66. The molecule has 4 heterocycles. The summed E-state index contributed by atoms with van der Waals surface area (Å²) in [7, 11) is 1.97. The van der Waals surface area contributed by atoms with E-state index in [-0.39, 0.29) is 11.6 Å². The van der Waals surface area contributed by atoms with Gasteiger partial charge in [0.1, 0.15) is 5.52 Å². The Balaban J connectivity index is 1.39. The van der Waals surface area contributed by atoms with Gasteiger partial charge in [-0.05, 0) is 35.4 Å². The van der Waals surface area contributed by atoms with Crippen molar-refractivity contribution in [1.82, 2.24) is 24.9 Å². The maximum absolute atomic E-state index is 5.67. The maximum atomic E-state index is 5.67. The van der Waals surface area contributed by atoms with Crippen molar-refractivity contribution in [2.75, 3.05) is 23.3 Å². The highest BCUT2D eigenvalue weighted by Gasteiger charge is 2.33. The van der Waals surface area contributed by atoms with Crippen LogP contribution in [-0.2, 0) is 17.2 Å². The van der Waals surface area contributed by atoms with Crippen LogP contribution >= 0.6 is 0 Å². The highest BCUT2D eigenvalue weighted by atomic mass is 16.5. The maximum Gasteiger partial charge on any atom is 0.229 e. The van der Waals surface area contributed by atoms with E-state index in [4.69, 9.17) is 14.7 Å². The number of ether oxygens (including phenoxy) is 1. The Labute approximate surface area is 194 Å². The lowest BCUT2D eigenvalue weighted by molar-refractivity contribution is 0.141. The summed E-state index contributed by atoms with van der Waals surface area (Å²) in [4.78, 5) is 16.4. The molecule has 9 nitrogen and oxygen atoms in total. The van der Waals surface area contributed by atoms with Gasteiger partial charge < -0.3 is 19.5 Å². The predicted octanol–water partition coefficient (Wildman–Crippen LogP) is 3.82. The number of nitrogens with zero attached hydrogens (tertiary/aromatic N) is 6. The van der Waals surface area contributed by atoms with Gasteiger partial charge in [0.05, 0.1) is 6.33 Å². The van der Waals surface area contributed by atoms with Crippen LogP contribution in [0.1, 0.15) is 45.2 Å². The molecular formula is C24H32N8O. The molecule has 1 unspecified atom stereocenters. The molecule has 0 saturated carbocycles. The van der Waals surface area contributed by atoms with Gasteiger partial charge in [0, 0.05) is 39.2 Å². The highest BCUT2D eigenvalue weighted by Crippen LogP contribution is 2.33. The van der Waals surface area contributed by atoms with Crippen molar-refractivity contribution >= 4 is 34.5 Å². The summed E-state index contributed by atoms with van der Waals surface area (Å²) in [5, 5.41) is 7.70. The predicted molar refractivity (Wildman–Crippen MR) is 131 cm³/mol. The fourth-order valence-electron chi connectivity index (χ4n) is 4.33. The molecule has 2 aromatic heterocycles. The summed E-state index contributed by atoms with van der Waals surface area (Å²) in [5.74, 6) is 2.69. The first-order valence-corrected chi connectivity index (χ1v) is 11.5. The molecule has 0 spiro atoms. The van der Waals surface area contributed by atoms with Crippen LogP contribution in [0.2, 0.25) is 0 Å². The Hall–Kier alpha value is -3.36. The van der Waals surface area contributed by atoms with Crippen LogP contribution in [0, 0.1) is 12.8 Å². The standard InChI is InChI=1S/C24H32N8O/c1-14-7-8-17(24(3,4)5)10-18(14)26-22-20-21(25-13-31(20)6)27-23(28-22)32-11-16(12-32)9-19-30-29-15(2)33-19/h7-8,10,13,16,19,30H,9,11-12H2,1-6H3,(H,26,27,28). The second-order valence-electron chi connectivity index (χ2n) is 10.2. The SMILES string of the molecule is CC1=NNC(CC2CN(c3nc(Nc4cc(C(C)(C)C)ccc4C)c4c(ncn4C)n3)C2)O1. The average Bonchev–Trinajstić information content (AvgIpc) is 3.30. The Morgan fingerprint density at radius 3 is 2.67 bits per heavy atom. The molecule has 1 aromatic carbocycles. The number of aryl methyl sites for hydroxylation is 2. The fraction of sp³-hybridized carbons (Fsp3) is 0.500. The number of fused-ring (bicyclic) bond motifs is 1. The van der Waals surface area contributed by atoms with Crippen LogP contribution in [0.3, 0.4) is 0 Å². The number of hydrogen-bond donors (Lipinski definition) is 2. The van der Waals surface area contributed by atoms with Crippen molar-refractivity contribution in [3.8, 4) is 0 Å². The smallest absolute Gasteiger partial charge is 0.229 e. The molecule has 1 saturated heterocycles. The highest BCUT2D eigenvalue weighted by molar-refractivity contribution is 5.87. The Kier molecular flexibility index (Phi) is 5.14. The largest absolute Gasteiger partial charge is 0.455 e. The van der Waals surface area contributed by atoms with E-state index in [9.17, 15) is 0 Å². The monoisotopic (exact) mass is 448 g/mol. The zero-order valence-electron chi connectivity index (χ0n) is 20.2. The molecule has 0 aliphatic carbocycles. The lowest BCUT2D eigenvalue weighted by Crippen LogP contribution is -2.49. The van der Waals surface area contributed by atoms with E-state index in [1.54, 1.807) is 6.33 Å². The van der Waals surface area contributed by atoms with Crippen LogP contribution in [0.25, 0.3) is 11.2 Å². The zero-order chi connectivity index (χ0) is 23.3. The van der Waals surface area contributed by atoms with Crippen LogP contribution in [0.5, 0.6) is 0 Å². The molecule has 174 valence electrons.